The molecule has 1 fully saturated rings. The molecule has 4 heteroatoms. The lowest BCUT2D eigenvalue weighted by atomic mass is 10.1. The minimum atomic E-state index is -0.964. The zero-order chi connectivity index (χ0) is 10.8. The topological polar surface area (TPSA) is 66.6 Å². The lowest BCUT2D eigenvalue weighted by Gasteiger charge is -2.20. The first-order valence-electron chi connectivity index (χ1n) is 5.07. The van der Waals surface area contributed by atoms with E-state index in [1.165, 1.54) is 6.07 Å². The van der Waals surface area contributed by atoms with Crippen LogP contribution in [0, 0.1) is 0 Å². The van der Waals surface area contributed by atoms with Crippen molar-refractivity contribution in [2.75, 3.05) is 23.7 Å². The van der Waals surface area contributed by atoms with Crippen LogP contribution in [-0.2, 0) is 0 Å². The molecule has 0 bridgehead atoms. The summed E-state index contributed by atoms with van der Waals surface area (Å²) in [6.45, 7) is 1.93. The van der Waals surface area contributed by atoms with Gasteiger partial charge in [0.25, 0.3) is 0 Å². The number of para-hydroxylation sites is 1. The Morgan fingerprint density at radius 2 is 2.00 bits per heavy atom. The normalized spacial score (nSPS) is 15.6. The molecular formula is C11H14N2O2. The molecule has 0 atom stereocenters. The maximum atomic E-state index is 10.9. The third-order valence-corrected chi connectivity index (χ3v) is 2.76. The van der Waals surface area contributed by atoms with Crippen molar-refractivity contribution in [1.29, 1.82) is 0 Å². The largest absolute Gasteiger partial charge is 0.478 e. The fourth-order valence-electron chi connectivity index (χ4n) is 1.97. The summed E-state index contributed by atoms with van der Waals surface area (Å²) in [7, 11) is 0. The van der Waals surface area contributed by atoms with E-state index in [1.54, 1.807) is 6.07 Å². The van der Waals surface area contributed by atoms with Crippen molar-refractivity contribution in [3.63, 3.8) is 0 Å². The number of carboxylic acids is 1. The summed E-state index contributed by atoms with van der Waals surface area (Å²) in [6, 6.07) is 5.16. The zero-order valence-corrected chi connectivity index (χ0v) is 8.44. The van der Waals surface area contributed by atoms with Gasteiger partial charge in [0.05, 0.1) is 16.9 Å². The highest BCUT2D eigenvalue weighted by Gasteiger charge is 2.18. The Balaban J connectivity index is 2.39. The summed E-state index contributed by atoms with van der Waals surface area (Å²) in [6.07, 6.45) is 2.30. The predicted octanol–water partition coefficient (Wildman–Crippen LogP) is 1.57. The number of anilines is 2. The summed E-state index contributed by atoms with van der Waals surface area (Å²) in [4.78, 5) is 13.0. The van der Waals surface area contributed by atoms with Crippen molar-refractivity contribution in [3.8, 4) is 0 Å². The molecule has 1 aromatic carbocycles. The summed E-state index contributed by atoms with van der Waals surface area (Å²) >= 11 is 0. The van der Waals surface area contributed by atoms with Gasteiger partial charge in [-0.3, -0.25) is 0 Å². The molecular weight excluding hydrogens is 192 g/mol. The van der Waals surface area contributed by atoms with Crippen LogP contribution in [-0.4, -0.2) is 24.2 Å². The number of carboxylic acid groups (broad SMARTS) is 1. The molecule has 2 rings (SSSR count). The molecule has 1 heterocycles. The van der Waals surface area contributed by atoms with Crippen molar-refractivity contribution >= 4 is 17.3 Å². The Morgan fingerprint density at radius 3 is 2.60 bits per heavy atom. The second kappa shape index (κ2) is 3.81. The minimum Gasteiger partial charge on any atom is -0.478 e. The van der Waals surface area contributed by atoms with Crippen LogP contribution in [0.1, 0.15) is 23.2 Å². The van der Waals surface area contributed by atoms with E-state index >= 15 is 0 Å². The molecule has 0 saturated carbocycles. The number of hydrogen-bond donors (Lipinski definition) is 2. The third kappa shape index (κ3) is 1.75. The van der Waals surface area contributed by atoms with Gasteiger partial charge in [-0.2, -0.15) is 0 Å². The second-order valence-electron chi connectivity index (χ2n) is 3.74. The van der Waals surface area contributed by atoms with Crippen LogP contribution in [0.25, 0.3) is 0 Å². The molecule has 1 aromatic rings. The molecule has 0 unspecified atom stereocenters. The summed E-state index contributed by atoms with van der Waals surface area (Å²) < 4.78 is 0. The van der Waals surface area contributed by atoms with Crippen molar-refractivity contribution in [3.05, 3.63) is 23.8 Å². The summed E-state index contributed by atoms with van der Waals surface area (Å²) in [5, 5.41) is 8.93. The molecule has 80 valence electrons. The van der Waals surface area contributed by atoms with E-state index in [-0.39, 0.29) is 5.56 Å². The highest BCUT2D eigenvalue weighted by Crippen LogP contribution is 2.29. The lowest BCUT2D eigenvalue weighted by Crippen LogP contribution is -2.20. The Bertz CT molecular complexity index is 384. The Hall–Kier alpha value is -1.71. The zero-order valence-electron chi connectivity index (χ0n) is 8.44. The van der Waals surface area contributed by atoms with Crippen LogP contribution in [0.15, 0.2) is 18.2 Å². The van der Waals surface area contributed by atoms with Gasteiger partial charge in [0.1, 0.15) is 0 Å². The van der Waals surface area contributed by atoms with Gasteiger partial charge >= 0.3 is 5.97 Å². The van der Waals surface area contributed by atoms with Crippen LogP contribution in [0.4, 0.5) is 11.4 Å². The van der Waals surface area contributed by atoms with Gasteiger partial charge in [-0.15, -0.1) is 0 Å². The quantitative estimate of drug-likeness (QED) is 0.721. The van der Waals surface area contributed by atoms with Gasteiger partial charge in [0, 0.05) is 13.1 Å². The van der Waals surface area contributed by atoms with Gasteiger partial charge in [-0.05, 0) is 25.0 Å². The Morgan fingerprint density at radius 1 is 1.33 bits per heavy atom. The van der Waals surface area contributed by atoms with E-state index in [0.29, 0.717) is 5.69 Å². The second-order valence-corrected chi connectivity index (χ2v) is 3.74. The van der Waals surface area contributed by atoms with E-state index in [0.717, 1.165) is 31.6 Å². The van der Waals surface area contributed by atoms with E-state index in [1.807, 2.05) is 6.07 Å². The van der Waals surface area contributed by atoms with E-state index < -0.39 is 5.97 Å². The van der Waals surface area contributed by atoms with Crippen molar-refractivity contribution < 1.29 is 9.90 Å². The van der Waals surface area contributed by atoms with Crippen LogP contribution in [0.2, 0.25) is 0 Å². The molecule has 1 aliphatic rings. The van der Waals surface area contributed by atoms with Crippen LogP contribution >= 0.6 is 0 Å². The third-order valence-electron chi connectivity index (χ3n) is 2.76. The number of nitrogens with zero attached hydrogens (tertiary/aromatic N) is 1. The van der Waals surface area contributed by atoms with E-state index in [4.69, 9.17) is 10.8 Å². The number of benzene rings is 1. The highest BCUT2D eigenvalue weighted by molar-refractivity contribution is 5.97. The van der Waals surface area contributed by atoms with E-state index in [9.17, 15) is 4.79 Å². The molecule has 0 radical (unpaired) electrons. The SMILES string of the molecule is Nc1c(C(=O)O)cccc1N1CCCC1. The fraction of sp³-hybridized carbons (Fsp3) is 0.364. The molecule has 4 nitrogen and oxygen atoms in total. The monoisotopic (exact) mass is 206 g/mol. The molecule has 0 aromatic heterocycles. The first kappa shape index (κ1) is 9.83. The number of hydrogen-bond acceptors (Lipinski definition) is 3. The number of rotatable bonds is 2. The van der Waals surface area contributed by atoms with Gasteiger partial charge in [0.15, 0.2) is 0 Å². The number of carbonyl (C=O) groups is 1. The molecule has 15 heavy (non-hydrogen) atoms. The molecule has 0 amide bonds. The molecule has 1 aliphatic heterocycles. The van der Waals surface area contributed by atoms with E-state index in [2.05, 4.69) is 4.90 Å². The molecule has 0 spiro atoms. The van der Waals surface area contributed by atoms with Crippen LogP contribution < -0.4 is 10.6 Å². The predicted molar refractivity (Wildman–Crippen MR) is 59.3 cm³/mol. The van der Waals surface area contributed by atoms with Gasteiger partial charge < -0.3 is 15.7 Å². The Kier molecular flexibility index (Phi) is 2.49. The minimum absolute atomic E-state index is 0.194. The molecule has 1 saturated heterocycles. The van der Waals surface area contributed by atoms with Gasteiger partial charge in [-0.1, -0.05) is 6.07 Å². The average Bonchev–Trinajstić information content (AvgIpc) is 2.70. The number of nitrogen functional groups attached to an aromatic ring is 1. The fourth-order valence-corrected chi connectivity index (χ4v) is 1.97. The Labute approximate surface area is 88.3 Å². The lowest BCUT2D eigenvalue weighted by molar-refractivity contribution is 0.0698. The smallest absolute Gasteiger partial charge is 0.337 e. The van der Waals surface area contributed by atoms with Gasteiger partial charge in [0.2, 0.25) is 0 Å². The molecule has 3 N–H and O–H groups in total. The van der Waals surface area contributed by atoms with Crippen molar-refractivity contribution in [1.82, 2.24) is 0 Å². The first-order chi connectivity index (χ1) is 7.20. The summed E-state index contributed by atoms with van der Waals surface area (Å²) in [5.74, 6) is -0.964. The van der Waals surface area contributed by atoms with Crippen LogP contribution in [0.3, 0.4) is 0 Å². The summed E-state index contributed by atoms with van der Waals surface area (Å²) in [5.41, 5.74) is 7.27. The highest BCUT2D eigenvalue weighted by atomic mass is 16.4. The average molecular weight is 206 g/mol. The van der Waals surface area contributed by atoms with Crippen molar-refractivity contribution in [2.24, 2.45) is 0 Å². The standard InChI is InChI=1S/C11H14N2O2/c12-10-8(11(14)15)4-3-5-9(10)13-6-1-2-7-13/h3-5H,1-2,6-7,12H2,(H,14,15). The number of aromatic carboxylic acids is 1. The molecule has 0 aliphatic carbocycles. The number of nitrogens with two attached hydrogens (primary N) is 1. The maximum absolute atomic E-state index is 10.9. The van der Waals surface area contributed by atoms with Gasteiger partial charge in [-0.25, -0.2) is 4.79 Å². The van der Waals surface area contributed by atoms with Crippen molar-refractivity contribution in [2.45, 2.75) is 12.8 Å². The van der Waals surface area contributed by atoms with Crippen LogP contribution in [0.5, 0.6) is 0 Å². The maximum Gasteiger partial charge on any atom is 0.337 e. The first-order valence-corrected chi connectivity index (χ1v) is 5.07.